The number of thiophene rings is 1. The van der Waals surface area contributed by atoms with E-state index in [-0.39, 0.29) is 30.9 Å². The van der Waals surface area contributed by atoms with Gasteiger partial charge in [0.1, 0.15) is 0 Å². The van der Waals surface area contributed by atoms with E-state index in [0.29, 0.717) is 6.54 Å². The van der Waals surface area contributed by atoms with Crippen molar-refractivity contribution in [3.05, 3.63) is 22.4 Å². The molecular formula is C15H24N2O3S. The van der Waals surface area contributed by atoms with Gasteiger partial charge in [0, 0.05) is 25.0 Å². The molecule has 0 spiro atoms. The summed E-state index contributed by atoms with van der Waals surface area (Å²) in [7, 11) is 0. The first-order valence-corrected chi connectivity index (χ1v) is 8.19. The summed E-state index contributed by atoms with van der Waals surface area (Å²) in [4.78, 5) is 24.1. The van der Waals surface area contributed by atoms with E-state index in [1.54, 1.807) is 0 Å². The first kappa shape index (κ1) is 17.7. The predicted octanol–water partition coefficient (Wildman–Crippen LogP) is 1.98. The van der Waals surface area contributed by atoms with Crippen molar-refractivity contribution in [3.8, 4) is 0 Å². The minimum atomic E-state index is -0.253. The maximum absolute atomic E-state index is 11.9. The second kappa shape index (κ2) is 10.3. The summed E-state index contributed by atoms with van der Waals surface area (Å²) in [6.45, 7) is 2.33. The molecule has 0 aromatic carbocycles. The van der Waals surface area contributed by atoms with Gasteiger partial charge in [-0.3, -0.25) is 9.59 Å². The number of carbonyl (C=O) groups excluding carboxylic acids is 2. The molecule has 2 amide bonds. The average Bonchev–Trinajstić information content (AvgIpc) is 2.95. The number of carbonyl (C=O) groups is 2. The summed E-state index contributed by atoms with van der Waals surface area (Å²) in [5.74, 6) is -0.186. The molecule has 0 radical (unpaired) electrons. The van der Waals surface area contributed by atoms with Gasteiger partial charge in [-0.2, -0.15) is 0 Å². The quantitative estimate of drug-likeness (QED) is 0.578. The Hall–Kier alpha value is -1.40. The minimum absolute atomic E-state index is 0.0516. The standard InChI is InChI=1S/C15H24N2O3S/c1-12(19)17-13(14-7-6-10-21-14)11-15(20)16-8-4-2-3-5-9-18/h6-7,10,13,18H,2-5,8-9,11H2,1H3,(H,16,20)(H,17,19). The number of nitrogens with one attached hydrogen (secondary N) is 2. The van der Waals surface area contributed by atoms with Gasteiger partial charge in [0.15, 0.2) is 0 Å². The van der Waals surface area contributed by atoms with Crippen LogP contribution in [-0.2, 0) is 9.59 Å². The van der Waals surface area contributed by atoms with Crippen LogP contribution in [0.4, 0.5) is 0 Å². The average molecular weight is 312 g/mol. The van der Waals surface area contributed by atoms with Crippen LogP contribution in [0.2, 0.25) is 0 Å². The summed E-state index contributed by atoms with van der Waals surface area (Å²) >= 11 is 1.53. The molecule has 0 aliphatic carbocycles. The Morgan fingerprint density at radius 3 is 2.67 bits per heavy atom. The second-order valence-electron chi connectivity index (χ2n) is 4.96. The highest BCUT2D eigenvalue weighted by molar-refractivity contribution is 7.10. The van der Waals surface area contributed by atoms with Gasteiger partial charge >= 0.3 is 0 Å². The molecule has 1 atom stereocenters. The van der Waals surface area contributed by atoms with Crippen LogP contribution in [0.1, 0.15) is 49.9 Å². The fourth-order valence-electron chi connectivity index (χ4n) is 2.03. The maximum Gasteiger partial charge on any atom is 0.222 e. The highest BCUT2D eigenvalue weighted by atomic mass is 32.1. The lowest BCUT2D eigenvalue weighted by atomic mass is 10.1. The third-order valence-electron chi connectivity index (χ3n) is 3.06. The second-order valence-corrected chi connectivity index (χ2v) is 5.94. The summed E-state index contributed by atoms with van der Waals surface area (Å²) in [5.41, 5.74) is 0. The Balaban J connectivity index is 2.30. The van der Waals surface area contributed by atoms with Crippen molar-refractivity contribution in [2.24, 2.45) is 0 Å². The van der Waals surface area contributed by atoms with Crippen molar-refractivity contribution < 1.29 is 14.7 Å². The zero-order valence-electron chi connectivity index (χ0n) is 12.4. The van der Waals surface area contributed by atoms with Crippen LogP contribution in [0.25, 0.3) is 0 Å². The number of rotatable bonds is 10. The molecule has 0 bridgehead atoms. The van der Waals surface area contributed by atoms with Crippen molar-refractivity contribution in [3.63, 3.8) is 0 Å². The monoisotopic (exact) mass is 312 g/mol. The molecule has 118 valence electrons. The van der Waals surface area contributed by atoms with Gasteiger partial charge in [-0.15, -0.1) is 11.3 Å². The molecule has 21 heavy (non-hydrogen) atoms. The molecule has 1 aromatic rings. The predicted molar refractivity (Wildman–Crippen MR) is 84.1 cm³/mol. The summed E-state index contributed by atoms with van der Waals surface area (Å²) < 4.78 is 0. The number of amides is 2. The van der Waals surface area contributed by atoms with Gasteiger partial charge in [-0.25, -0.2) is 0 Å². The zero-order chi connectivity index (χ0) is 15.5. The Morgan fingerprint density at radius 2 is 2.05 bits per heavy atom. The molecule has 0 saturated heterocycles. The Morgan fingerprint density at radius 1 is 1.29 bits per heavy atom. The number of aliphatic hydroxyl groups excluding tert-OH is 1. The smallest absolute Gasteiger partial charge is 0.222 e. The fraction of sp³-hybridized carbons (Fsp3) is 0.600. The molecule has 0 saturated carbocycles. The van der Waals surface area contributed by atoms with Crippen LogP contribution >= 0.6 is 11.3 Å². The Bertz CT molecular complexity index is 421. The van der Waals surface area contributed by atoms with Crippen molar-refractivity contribution in [1.29, 1.82) is 0 Å². The molecule has 0 aliphatic rings. The Kier molecular flexibility index (Phi) is 8.69. The lowest BCUT2D eigenvalue weighted by molar-refractivity contribution is -0.122. The number of hydrogen-bond donors (Lipinski definition) is 3. The van der Waals surface area contributed by atoms with Crippen LogP contribution in [0, 0.1) is 0 Å². The zero-order valence-corrected chi connectivity index (χ0v) is 13.2. The van der Waals surface area contributed by atoms with E-state index in [4.69, 9.17) is 5.11 Å². The third-order valence-corrected chi connectivity index (χ3v) is 4.05. The van der Waals surface area contributed by atoms with Crippen molar-refractivity contribution in [2.45, 2.75) is 45.1 Å². The normalized spacial score (nSPS) is 11.9. The largest absolute Gasteiger partial charge is 0.396 e. The maximum atomic E-state index is 11.9. The molecule has 0 fully saturated rings. The van der Waals surface area contributed by atoms with E-state index in [0.717, 1.165) is 30.6 Å². The first-order chi connectivity index (χ1) is 10.1. The molecule has 0 aliphatic heterocycles. The lowest BCUT2D eigenvalue weighted by Crippen LogP contribution is -2.32. The summed E-state index contributed by atoms with van der Waals surface area (Å²) in [6.07, 6.45) is 3.97. The molecule has 1 rings (SSSR count). The lowest BCUT2D eigenvalue weighted by Gasteiger charge is -2.16. The number of unbranched alkanes of at least 4 members (excludes halogenated alkanes) is 3. The third kappa shape index (κ3) is 7.82. The fourth-order valence-corrected chi connectivity index (χ4v) is 2.81. The van der Waals surface area contributed by atoms with Crippen LogP contribution < -0.4 is 10.6 Å². The van der Waals surface area contributed by atoms with Gasteiger partial charge in [0.2, 0.25) is 11.8 Å². The van der Waals surface area contributed by atoms with E-state index in [2.05, 4.69) is 10.6 Å². The van der Waals surface area contributed by atoms with Crippen LogP contribution in [0.3, 0.4) is 0 Å². The molecule has 1 unspecified atom stereocenters. The summed E-state index contributed by atoms with van der Waals surface area (Å²) in [5, 5.41) is 16.3. The molecule has 1 aromatic heterocycles. The van der Waals surface area contributed by atoms with Gasteiger partial charge < -0.3 is 15.7 Å². The molecule has 3 N–H and O–H groups in total. The van der Waals surface area contributed by atoms with E-state index in [1.165, 1.54) is 18.3 Å². The van der Waals surface area contributed by atoms with Crippen LogP contribution in [-0.4, -0.2) is 30.1 Å². The SMILES string of the molecule is CC(=O)NC(CC(=O)NCCCCCCO)c1cccs1. The molecule has 1 heterocycles. The molecule has 6 heteroatoms. The van der Waals surface area contributed by atoms with E-state index >= 15 is 0 Å². The topological polar surface area (TPSA) is 78.4 Å². The Labute approximate surface area is 129 Å². The van der Waals surface area contributed by atoms with Crippen molar-refractivity contribution in [2.75, 3.05) is 13.2 Å². The van der Waals surface area contributed by atoms with Gasteiger partial charge in [0.25, 0.3) is 0 Å². The minimum Gasteiger partial charge on any atom is -0.396 e. The highest BCUT2D eigenvalue weighted by Crippen LogP contribution is 2.21. The van der Waals surface area contributed by atoms with Crippen LogP contribution in [0.15, 0.2) is 17.5 Å². The van der Waals surface area contributed by atoms with Gasteiger partial charge in [-0.05, 0) is 24.3 Å². The van der Waals surface area contributed by atoms with E-state index in [9.17, 15) is 9.59 Å². The van der Waals surface area contributed by atoms with Crippen molar-refractivity contribution in [1.82, 2.24) is 10.6 Å². The van der Waals surface area contributed by atoms with Crippen molar-refractivity contribution >= 4 is 23.2 Å². The van der Waals surface area contributed by atoms with Gasteiger partial charge in [0.05, 0.1) is 12.5 Å². The molecule has 5 nitrogen and oxygen atoms in total. The van der Waals surface area contributed by atoms with E-state index in [1.807, 2.05) is 17.5 Å². The number of hydrogen-bond acceptors (Lipinski definition) is 4. The van der Waals surface area contributed by atoms with Gasteiger partial charge in [-0.1, -0.05) is 18.9 Å². The number of aliphatic hydroxyl groups is 1. The first-order valence-electron chi connectivity index (χ1n) is 7.31. The van der Waals surface area contributed by atoms with Crippen LogP contribution in [0.5, 0.6) is 0 Å². The summed E-state index contributed by atoms with van der Waals surface area (Å²) in [6, 6.07) is 3.58. The molecular weight excluding hydrogens is 288 g/mol. The van der Waals surface area contributed by atoms with E-state index < -0.39 is 0 Å². The highest BCUT2D eigenvalue weighted by Gasteiger charge is 2.17.